The van der Waals surface area contributed by atoms with Crippen LogP contribution < -0.4 is 5.32 Å². The van der Waals surface area contributed by atoms with Crippen LogP contribution in [0.2, 0.25) is 0 Å². The number of aryl methyl sites for hydroxylation is 1. The molecule has 0 amide bonds. The van der Waals surface area contributed by atoms with Gasteiger partial charge in [0.15, 0.2) is 0 Å². The minimum Gasteiger partial charge on any atom is -0.352 e. The van der Waals surface area contributed by atoms with Gasteiger partial charge in [0, 0.05) is 5.39 Å². The molecule has 1 saturated carbocycles. The zero-order valence-corrected chi connectivity index (χ0v) is 14.5. The lowest BCUT2D eigenvalue weighted by Gasteiger charge is -2.36. The van der Waals surface area contributed by atoms with Gasteiger partial charge in [0.2, 0.25) is 0 Å². The maximum atomic E-state index is 14.5. The molecule has 130 valence electrons. The van der Waals surface area contributed by atoms with E-state index in [1.165, 1.54) is 17.7 Å². The molecular formula is C21H22F2N2. The van der Waals surface area contributed by atoms with E-state index in [1.54, 1.807) is 18.2 Å². The minimum atomic E-state index is -0.263. The van der Waals surface area contributed by atoms with E-state index in [2.05, 4.69) is 16.4 Å². The second-order valence-corrected chi connectivity index (χ2v) is 7.18. The molecule has 2 aromatic carbocycles. The lowest BCUT2D eigenvalue weighted by atomic mass is 9.70. The Morgan fingerprint density at radius 3 is 2.52 bits per heavy atom. The Hall–Kier alpha value is -2.20. The number of H-pyrrole nitrogens is 1. The fourth-order valence-corrected chi connectivity index (χ4v) is 4.10. The van der Waals surface area contributed by atoms with Gasteiger partial charge in [0.05, 0.1) is 11.2 Å². The lowest BCUT2D eigenvalue weighted by Crippen LogP contribution is -2.30. The number of fused-ring (bicyclic) bond motifs is 1. The van der Waals surface area contributed by atoms with Gasteiger partial charge in [-0.15, -0.1) is 0 Å². The Kier molecular flexibility index (Phi) is 4.08. The number of benzene rings is 2. The maximum absolute atomic E-state index is 14.5. The van der Waals surface area contributed by atoms with Crippen molar-refractivity contribution in [3.63, 3.8) is 0 Å². The molecule has 1 aliphatic rings. The largest absolute Gasteiger partial charge is 0.352 e. The molecule has 0 aliphatic heterocycles. The van der Waals surface area contributed by atoms with Crippen LogP contribution in [0.1, 0.15) is 29.9 Å². The molecule has 1 aromatic heterocycles. The second kappa shape index (κ2) is 6.26. The van der Waals surface area contributed by atoms with E-state index in [4.69, 9.17) is 0 Å². The Morgan fingerprint density at radius 1 is 1.12 bits per heavy atom. The van der Waals surface area contributed by atoms with E-state index < -0.39 is 0 Å². The Bertz CT molecular complexity index is 906. The van der Waals surface area contributed by atoms with Crippen molar-refractivity contribution in [3.05, 3.63) is 59.2 Å². The van der Waals surface area contributed by atoms with Crippen LogP contribution in [-0.4, -0.2) is 18.6 Å². The average molecular weight is 340 g/mol. The third-order valence-electron chi connectivity index (χ3n) is 5.31. The molecule has 3 aromatic rings. The van der Waals surface area contributed by atoms with Crippen LogP contribution >= 0.6 is 0 Å². The van der Waals surface area contributed by atoms with Gasteiger partial charge in [0.1, 0.15) is 11.6 Å². The first-order valence-corrected chi connectivity index (χ1v) is 8.79. The summed E-state index contributed by atoms with van der Waals surface area (Å²) >= 11 is 0. The van der Waals surface area contributed by atoms with E-state index in [9.17, 15) is 8.78 Å². The number of aromatic nitrogens is 1. The van der Waals surface area contributed by atoms with Crippen molar-refractivity contribution < 1.29 is 8.78 Å². The zero-order valence-electron chi connectivity index (χ0n) is 14.5. The van der Waals surface area contributed by atoms with Crippen LogP contribution in [0, 0.1) is 24.5 Å². The SMILES string of the molecule is CNCC1CC(c2c(-c3ccc(F)cc3)[nH]c3c(F)cc(C)cc23)C1. The summed E-state index contributed by atoms with van der Waals surface area (Å²) < 4.78 is 27.8. The molecule has 4 rings (SSSR count). The summed E-state index contributed by atoms with van der Waals surface area (Å²) in [6, 6.07) is 10.0. The van der Waals surface area contributed by atoms with Crippen molar-refractivity contribution in [2.75, 3.05) is 13.6 Å². The van der Waals surface area contributed by atoms with Gasteiger partial charge in [-0.2, -0.15) is 0 Å². The first kappa shape index (κ1) is 16.3. The summed E-state index contributed by atoms with van der Waals surface area (Å²) in [7, 11) is 1.97. The van der Waals surface area contributed by atoms with Gasteiger partial charge < -0.3 is 10.3 Å². The number of rotatable bonds is 4. The molecule has 0 radical (unpaired) electrons. The van der Waals surface area contributed by atoms with Crippen molar-refractivity contribution in [1.82, 2.24) is 10.3 Å². The highest BCUT2D eigenvalue weighted by molar-refractivity contribution is 5.92. The van der Waals surface area contributed by atoms with Crippen LogP contribution in [-0.2, 0) is 0 Å². The number of hydrogen-bond acceptors (Lipinski definition) is 1. The minimum absolute atomic E-state index is 0.226. The molecule has 0 spiro atoms. The van der Waals surface area contributed by atoms with Crippen LogP contribution in [0.15, 0.2) is 36.4 Å². The van der Waals surface area contributed by atoms with Gasteiger partial charge in [0.25, 0.3) is 0 Å². The Labute approximate surface area is 146 Å². The number of nitrogens with one attached hydrogen (secondary N) is 2. The Balaban J connectivity index is 1.85. The first-order chi connectivity index (χ1) is 12.1. The molecule has 0 unspecified atom stereocenters. The van der Waals surface area contributed by atoms with E-state index in [-0.39, 0.29) is 11.6 Å². The van der Waals surface area contributed by atoms with Crippen molar-refractivity contribution in [2.24, 2.45) is 5.92 Å². The lowest BCUT2D eigenvalue weighted by molar-refractivity contribution is 0.261. The van der Waals surface area contributed by atoms with Gasteiger partial charge in [-0.1, -0.05) is 0 Å². The predicted molar refractivity (Wildman–Crippen MR) is 97.8 cm³/mol. The van der Waals surface area contributed by atoms with Crippen LogP contribution in [0.25, 0.3) is 22.2 Å². The average Bonchev–Trinajstić information content (AvgIpc) is 2.90. The van der Waals surface area contributed by atoms with Crippen molar-refractivity contribution in [3.8, 4) is 11.3 Å². The normalized spacial score (nSPS) is 20.0. The summed E-state index contributed by atoms with van der Waals surface area (Å²) in [5, 5.41) is 4.20. The zero-order chi connectivity index (χ0) is 17.6. The van der Waals surface area contributed by atoms with Gasteiger partial charge in [-0.25, -0.2) is 8.78 Å². The predicted octanol–water partition coefficient (Wildman–Crippen LogP) is 5.13. The fraction of sp³-hybridized carbons (Fsp3) is 0.333. The Morgan fingerprint density at radius 2 is 1.84 bits per heavy atom. The van der Waals surface area contributed by atoms with Crippen molar-refractivity contribution in [2.45, 2.75) is 25.7 Å². The highest BCUT2D eigenvalue weighted by Gasteiger charge is 2.34. The van der Waals surface area contributed by atoms with Crippen LogP contribution in [0.5, 0.6) is 0 Å². The van der Waals surface area contributed by atoms with Gasteiger partial charge >= 0.3 is 0 Å². The van der Waals surface area contributed by atoms with E-state index in [1.807, 2.05) is 14.0 Å². The molecule has 0 bridgehead atoms. The molecule has 1 heterocycles. The highest BCUT2D eigenvalue weighted by atomic mass is 19.1. The third-order valence-corrected chi connectivity index (χ3v) is 5.31. The van der Waals surface area contributed by atoms with Gasteiger partial charge in [-0.3, -0.25) is 0 Å². The summed E-state index contributed by atoms with van der Waals surface area (Å²) in [5.41, 5.74) is 4.48. The molecule has 4 heteroatoms. The quantitative estimate of drug-likeness (QED) is 0.677. The molecule has 2 N–H and O–H groups in total. The summed E-state index contributed by atoms with van der Waals surface area (Å²) in [4.78, 5) is 3.28. The van der Waals surface area contributed by atoms with Crippen LogP contribution in [0.3, 0.4) is 0 Å². The molecule has 2 nitrogen and oxygen atoms in total. The standard InChI is InChI=1S/C21H22F2N2/c1-12-7-17-19(15-9-13(10-15)11-24-2)20(25-21(17)18(23)8-12)14-3-5-16(22)6-4-14/h3-8,13,15,24-25H,9-11H2,1-2H3. The van der Waals surface area contributed by atoms with Crippen molar-refractivity contribution in [1.29, 1.82) is 0 Å². The molecule has 0 atom stereocenters. The summed E-state index contributed by atoms with van der Waals surface area (Å²) in [5.74, 6) is 0.584. The maximum Gasteiger partial charge on any atom is 0.147 e. The van der Waals surface area contributed by atoms with Crippen molar-refractivity contribution >= 4 is 10.9 Å². The molecule has 25 heavy (non-hydrogen) atoms. The molecular weight excluding hydrogens is 318 g/mol. The molecule has 1 fully saturated rings. The van der Waals surface area contributed by atoms with E-state index >= 15 is 0 Å². The smallest absolute Gasteiger partial charge is 0.147 e. The monoisotopic (exact) mass is 340 g/mol. The summed E-state index contributed by atoms with van der Waals surface area (Å²) in [6.45, 7) is 2.93. The molecule has 0 saturated heterocycles. The van der Waals surface area contributed by atoms with E-state index in [0.717, 1.165) is 41.6 Å². The topological polar surface area (TPSA) is 27.8 Å². The first-order valence-electron chi connectivity index (χ1n) is 8.79. The van der Waals surface area contributed by atoms with Crippen LogP contribution in [0.4, 0.5) is 8.78 Å². The highest BCUT2D eigenvalue weighted by Crippen LogP contribution is 2.48. The number of aromatic amines is 1. The second-order valence-electron chi connectivity index (χ2n) is 7.18. The third kappa shape index (κ3) is 2.85. The van der Waals surface area contributed by atoms with Gasteiger partial charge in [-0.05, 0) is 98.3 Å². The summed E-state index contributed by atoms with van der Waals surface area (Å²) in [6.07, 6.45) is 2.19. The molecule has 1 aliphatic carbocycles. The fourth-order valence-electron chi connectivity index (χ4n) is 4.10. The van der Waals surface area contributed by atoms with E-state index in [0.29, 0.717) is 17.4 Å². The number of hydrogen-bond donors (Lipinski definition) is 2. The number of halogens is 2.